The normalized spacial score (nSPS) is 16.0. The Bertz CT molecular complexity index is 5720. The van der Waals surface area contributed by atoms with Gasteiger partial charge in [-0.2, -0.15) is 0 Å². The van der Waals surface area contributed by atoms with Gasteiger partial charge in [0.15, 0.2) is 3.92 Å². The Kier molecular flexibility index (Phi) is 43.5. The Morgan fingerprint density at radius 3 is 1.40 bits per heavy atom. The number of sulfonamides is 1. The third-order valence-electron chi connectivity index (χ3n) is 20.8. The molecule has 0 aliphatic carbocycles. The second-order valence-corrected chi connectivity index (χ2v) is 44.7. The van der Waals surface area contributed by atoms with E-state index >= 15 is 0 Å². The number of amides is 3. The molecule has 17 rings (SSSR count). The van der Waals surface area contributed by atoms with Crippen molar-refractivity contribution in [2.45, 2.75) is 186 Å². The van der Waals surface area contributed by atoms with Gasteiger partial charge in [-0.15, -0.1) is 27.7 Å². The fraction of sp³-hybridized carbons (Fsp3) is 0.389. The van der Waals surface area contributed by atoms with Crippen molar-refractivity contribution in [1.82, 2.24) is 59.5 Å². The molecule has 28 nitrogen and oxygen atoms in total. The monoisotopic (exact) mass is 2330 g/mol. The second kappa shape index (κ2) is 51.8. The van der Waals surface area contributed by atoms with Crippen LogP contribution in [0.4, 0.5) is 15.4 Å². The quantitative estimate of drug-likeness (QED) is 0.103. The molecule has 0 atom stereocenters. The molecule has 4 saturated heterocycles. The standard InChI is InChI=1S/C24H34BNO5.C19H25NO3.C14H17NO.C10H13BrN2O.C6H3BrN2.C6H4BrNO2.C4H5BrN2.C4H3BrN2.C4H4BrNO2S2.C3H2BrNS.CH4/c1-21(2,3)29-20(27)26-14-12-24(13-15-26)16-18(17-10-8-9-11-19(17)28-24)25-30-22(4,5)23(6,7)31-25;1-14-13-19(22-16-8-6-5-7-15(14)16)9-11-20(12-10-19)17(21)23-18(2,3)4;1-11-10-14(6-8-15-9-7-14)16-13-5-3-2-4-12(11)13;1-3-13(4-2)10(14)8-5-9(11)7-12-6-8;1-8-6-3-2-5(7)4-9-6;7-5-1-4(6(9)10)2-8-3-5;1-7-2-4(5)6-3-7;5-4-1-6-3-7-2-4;5-3-1-2-4(9-3)10(6,7)8;4-3-5-1-2-6-3;/h8-11,16H,12-15H2,1-7H3;5-8,13H,9-12H2,1-4H3;2-5,10,15H,6-9H2,1H3;5-7H,3-4H2,1-2H3;2-4H;1-3H,(H,9,10);2-3H,1H3;1-3H;1-2H,(H2,6,7,8);1-2H;1H4. The number of piperidine rings is 3. The van der Waals surface area contributed by atoms with Crippen LogP contribution in [0.15, 0.2) is 236 Å². The largest absolute Gasteiger partial charge is 0.495 e. The molecule has 3 spiro atoms. The predicted octanol–water partition coefficient (Wildman–Crippen LogP) is 24.1. The number of allylic oxidation sites excluding steroid dienone is 2. The van der Waals surface area contributed by atoms with Crippen molar-refractivity contribution >= 4 is 198 Å². The number of nitrogens with zero attached hydrogens (tertiary/aromatic N) is 12. The lowest BCUT2D eigenvalue weighted by Crippen LogP contribution is -2.51. The molecule has 718 valence electrons. The smallest absolute Gasteiger partial charge is 0.482 e. The molecular formula is C95H114BBr7N14O14S3. The maximum Gasteiger partial charge on any atom is 0.495 e. The first kappa shape index (κ1) is 113. The van der Waals surface area contributed by atoms with E-state index in [4.69, 9.17) is 49.8 Å². The van der Waals surface area contributed by atoms with Gasteiger partial charge in [0, 0.05) is 165 Å². The highest BCUT2D eigenvalue weighted by atomic mass is 79.9. The van der Waals surface area contributed by atoms with E-state index in [0.717, 1.165) is 123 Å². The molecule has 39 heteroatoms. The van der Waals surface area contributed by atoms with E-state index in [1.807, 2.05) is 121 Å². The number of carboxylic acids is 1. The Hall–Kier alpha value is -8.47. The molecule has 7 aliphatic heterocycles. The Balaban J connectivity index is 0.000000213. The highest BCUT2D eigenvalue weighted by Gasteiger charge is 2.55. The fourth-order valence-electron chi connectivity index (χ4n) is 13.7. The molecule has 4 N–H and O–H groups in total. The zero-order valence-electron chi connectivity index (χ0n) is 76.6. The summed E-state index contributed by atoms with van der Waals surface area (Å²) in [5, 5.41) is 18.6. The molecule has 4 fully saturated rings. The highest BCUT2D eigenvalue weighted by Crippen LogP contribution is 2.48. The third-order valence-corrected chi connectivity index (χ3v) is 27.4. The Morgan fingerprint density at radius 1 is 0.597 bits per heavy atom. The Morgan fingerprint density at radius 2 is 1.05 bits per heavy atom. The number of ether oxygens (including phenoxy) is 5. The summed E-state index contributed by atoms with van der Waals surface area (Å²) in [6.07, 6.45) is 29.2. The van der Waals surface area contributed by atoms with Gasteiger partial charge in [0.2, 0.25) is 10.0 Å². The van der Waals surface area contributed by atoms with Gasteiger partial charge in [-0.05, 0) is 305 Å². The van der Waals surface area contributed by atoms with Crippen LogP contribution in [0.1, 0.15) is 180 Å². The molecule has 0 radical (unpaired) electrons. The van der Waals surface area contributed by atoms with Gasteiger partial charge >= 0.3 is 25.3 Å². The van der Waals surface area contributed by atoms with E-state index in [1.54, 1.807) is 93.8 Å². The number of primary sulfonamides is 1. The van der Waals surface area contributed by atoms with Gasteiger partial charge < -0.3 is 67.5 Å². The van der Waals surface area contributed by atoms with Crippen LogP contribution >= 0.6 is 134 Å². The first-order valence-electron chi connectivity index (χ1n) is 42.3. The number of likely N-dealkylation sites (tertiary alicyclic amines) is 2. The number of hydrogen-bond donors (Lipinski definition) is 3. The number of halogens is 7. The fourth-order valence-corrected chi connectivity index (χ4v) is 18.5. The molecule has 3 amide bonds. The molecule has 7 aliphatic rings. The minimum Gasteiger partial charge on any atom is -0.482 e. The van der Waals surface area contributed by atoms with Crippen molar-refractivity contribution in [1.29, 1.82) is 0 Å². The lowest BCUT2D eigenvalue weighted by molar-refractivity contribution is -0.00235. The summed E-state index contributed by atoms with van der Waals surface area (Å²) >= 11 is 25.0. The number of nitrogens with one attached hydrogen (secondary N) is 1. The van der Waals surface area contributed by atoms with E-state index in [9.17, 15) is 27.6 Å². The van der Waals surface area contributed by atoms with Crippen molar-refractivity contribution < 1.29 is 65.7 Å². The maximum absolute atomic E-state index is 12.5. The maximum atomic E-state index is 12.5. The second-order valence-electron chi connectivity index (χ2n) is 33.8. The predicted molar refractivity (Wildman–Crippen MR) is 554 cm³/mol. The zero-order valence-corrected chi connectivity index (χ0v) is 90.1. The number of para-hydroxylation sites is 3. The number of aromatic carboxylic acids is 1. The summed E-state index contributed by atoms with van der Waals surface area (Å²) in [5.41, 5.74) is 5.19. The van der Waals surface area contributed by atoms with Gasteiger partial charge in [0.05, 0.1) is 41.4 Å². The molecular weight excluding hydrogens is 2230 g/mol. The molecule has 14 heterocycles. The van der Waals surface area contributed by atoms with Crippen LogP contribution < -0.4 is 24.7 Å². The van der Waals surface area contributed by atoms with E-state index in [2.05, 4.69) is 247 Å². The number of rotatable bonds is 6. The third kappa shape index (κ3) is 35.5. The summed E-state index contributed by atoms with van der Waals surface area (Å²) in [5.74, 6) is 2.32. The number of benzene rings is 3. The first-order chi connectivity index (χ1) is 62.7. The lowest BCUT2D eigenvalue weighted by Gasteiger charge is -2.43. The van der Waals surface area contributed by atoms with Crippen LogP contribution in [0.25, 0.3) is 21.5 Å². The van der Waals surface area contributed by atoms with Crippen LogP contribution in [-0.4, -0.2) is 190 Å². The number of carbonyl (C=O) groups excluding carboxylic acids is 3. The topological polar surface area (TPSA) is 335 Å². The van der Waals surface area contributed by atoms with Gasteiger partial charge in [-0.1, -0.05) is 74.7 Å². The first-order valence-corrected chi connectivity index (χ1v) is 51.1. The number of carbonyl (C=O) groups is 4. The summed E-state index contributed by atoms with van der Waals surface area (Å²) in [4.78, 5) is 81.9. The Labute approximate surface area is 853 Å². The minimum absolute atomic E-state index is 0. The molecule has 134 heavy (non-hydrogen) atoms. The van der Waals surface area contributed by atoms with Gasteiger partial charge in [-0.3, -0.25) is 14.8 Å². The minimum atomic E-state index is -3.49. The van der Waals surface area contributed by atoms with Gasteiger partial charge in [0.1, 0.15) is 66.6 Å². The molecule has 10 aromatic rings. The van der Waals surface area contributed by atoms with Crippen molar-refractivity contribution in [3.05, 3.63) is 271 Å². The highest BCUT2D eigenvalue weighted by molar-refractivity contribution is 9.11. The number of carboxylic acid groups (broad SMARTS) is 1. The zero-order chi connectivity index (χ0) is 97.7. The lowest BCUT2D eigenvalue weighted by atomic mass is 9.69. The number of hydrogen-bond acceptors (Lipinski definition) is 23. The SMILES string of the molecule is Brc1cncnc1.Brc1nccs1.C.CC(C)(C)OC(=O)N1CCC2(C=C(B3OC(C)(C)C(C)(C)O3)c3ccccc3O2)CC1.CC1=CC2(CCN(C(=O)OC(C)(C)C)CC2)Oc2ccccc21.CC1=CC2(CCNCC2)Oc2ccccc21.CCN(CC)C(=O)c1cncc(Br)c1.Cn1cnc(Br)c1.NS(=O)(=O)c1ccc(Br)s1.O=C(O)c1cncc(Br)c1.[C-]#[N+]c1ccc(Br)cn1. The van der Waals surface area contributed by atoms with Crippen LogP contribution in [0.2, 0.25) is 0 Å². The summed E-state index contributed by atoms with van der Waals surface area (Å²) in [6, 6.07) is 34.3. The van der Waals surface area contributed by atoms with Crippen LogP contribution in [0.3, 0.4) is 0 Å². The van der Waals surface area contributed by atoms with Crippen LogP contribution in [0.5, 0.6) is 17.2 Å². The number of imidazole rings is 1. The molecule has 0 saturated carbocycles. The number of thiophene rings is 1. The number of fused-ring (bicyclic) bond motifs is 3. The van der Waals surface area contributed by atoms with E-state index in [-0.39, 0.29) is 46.5 Å². The van der Waals surface area contributed by atoms with Crippen LogP contribution in [-0.2, 0) is 35.9 Å². The van der Waals surface area contributed by atoms with Crippen molar-refractivity contribution in [2.75, 3.05) is 52.4 Å². The van der Waals surface area contributed by atoms with Crippen molar-refractivity contribution in [3.8, 4) is 17.2 Å². The number of nitrogens with two attached hydrogens (primary N) is 1. The van der Waals surface area contributed by atoms with Crippen LogP contribution in [0, 0.1) is 6.57 Å². The number of aromatic nitrogens is 8. The van der Waals surface area contributed by atoms with Gasteiger partial charge in [0.25, 0.3) is 11.7 Å². The summed E-state index contributed by atoms with van der Waals surface area (Å²) in [7, 11) is -2.03. The van der Waals surface area contributed by atoms with E-state index in [0.29, 0.717) is 54.9 Å². The average Bonchev–Trinajstić information content (AvgIpc) is 1.56. The number of aryl methyl sites for hydroxylation is 1. The molecule has 3 aromatic carbocycles. The molecule has 0 unspecified atom stereocenters. The number of thiazole rings is 1. The van der Waals surface area contributed by atoms with Crippen molar-refractivity contribution in [2.24, 2.45) is 12.2 Å². The van der Waals surface area contributed by atoms with Gasteiger partial charge in [-0.25, -0.2) is 47.9 Å². The molecule has 7 aromatic heterocycles. The molecule has 0 bridgehead atoms. The van der Waals surface area contributed by atoms with Crippen molar-refractivity contribution in [3.63, 3.8) is 0 Å². The van der Waals surface area contributed by atoms with E-state index in [1.165, 1.54) is 47.6 Å². The van der Waals surface area contributed by atoms with E-state index < -0.39 is 51.1 Å². The number of pyridine rings is 3. The summed E-state index contributed by atoms with van der Waals surface area (Å²) in [6.45, 7) is 40.4. The average molecular weight is 2340 g/mol. The summed E-state index contributed by atoms with van der Waals surface area (Å²) < 4.78 is 72.0.